The Morgan fingerprint density at radius 1 is 1.35 bits per heavy atom. The Bertz CT molecular complexity index is 463. The zero-order valence-corrected chi connectivity index (χ0v) is 11.8. The number of nitrogens with zero attached hydrogens (tertiary/aromatic N) is 2. The molecule has 0 N–H and O–H groups in total. The van der Waals surface area contributed by atoms with Crippen molar-refractivity contribution in [2.45, 2.75) is 31.7 Å². The lowest BCUT2D eigenvalue weighted by molar-refractivity contribution is 0.0453. The number of rotatable bonds is 3. The molecule has 2 fully saturated rings. The van der Waals surface area contributed by atoms with Gasteiger partial charge in [0.25, 0.3) is 0 Å². The van der Waals surface area contributed by atoms with Gasteiger partial charge in [0.15, 0.2) is 11.6 Å². The summed E-state index contributed by atoms with van der Waals surface area (Å²) >= 11 is 0. The first-order valence-electron chi connectivity index (χ1n) is 7.34. The molecule has 1 aromatic heterocycles. The van der Waals surface area contributed by atoms with E-state index in [4.69, 9.17) is 9.47 Å². The van der Waals surface area contributed by atoms with Crippen LogP contribution < -0.4 is 9.64 Å². The highest BCUT2D eigenvalue weighted by Crippen LogP contribution is 2.34. The van der Waals surface area contributed by atoms with Crippen molar-refractivity contribution >= 4 is 5.82 Å². The zero-order valence-electron chi connectivity index (χ0n) is 11.8. The van der Waals surface area contributed by atoms with Crippen LogP contribution >= 0.6 is 0 Å². The Morgan fingerprint density at radius 3 is 3.00 bits per heavy atom. The highest BCUT2D eigenvalue weighted by atomic mass is 19.1. The summed E-state index contributed by atoms with van der Waals surface area (Å²) in [5.41, 5.74) is 0. The van der Waals surface area contributed by atoms with Gasteiger partial charge >= 0.3 is 0 Å². The molecule has 2 atom stereocenters. The summed E-state index contributed by atoms with van der Waals surface area (Å²) in [6.07, 6.45) is 4.43. The van der Waals surface area contributed by atoms with Gasteiger partial charge in [0.1, 0.15) is 0 Å². The Hall–Kier alpha value is -1.36. The Balaban J connectivity index is 1.84. The van der Waals surface area contributed by atoms with Crippen LogP contribution in [0.1, 0.15) is 25.7 Å². The SMILES string of the molecule is COc1ccc(F)c(N2CCCC2C2CCCOC2)n1. The summed E-state index contributed by atoms with van der Waals surface area (Å²) in [5.74, 6) is 1.11. The van der Waals surface area contributed by atoms with Crippen LogP contribution in [0.4, 0.5) is 10.2 Å². The quantitative estimate of drug-likeness (QED) is 0.852. The fraction of sp³-hybridized carbons (Fsp3) is 0.667. The molecule has 0 bridgehead atoms. The maximum atomic E-state index is 14.1. The molecule has 3 rings (SSSR count). The van der Waals surface area contributed by atoms with E-state index in [0.29, 0.717) is 23.7 Å². The highest BCUT2D eigenvalue weighted by Gasteiger charge is 2.35. The summed E-state index contributed by atoms with van der Waals surface area (Å²) in [4.78, 5) is 6.41. The summed E-state index contributed by atoms with van der Waals surface area (Å²) in [6, 6.07) is 3.34. The van der Waals surface area contributed by atoms with E-state index in [1.54, 1.807) is 13.2 Å². The van der Waals surface area contributed by atoms with Crippen molar-refractivity contribution in [1.29, 1.82) is 0 Å². The van der Waals surface area contributed by atoms with Crippen molar-refractivity contribution in [1.82, 2.24) is 4.98 Å². The minimum absolute atomic E-state index is 0.269. The number of aromatic nitrogens is 1. The fourth-order valence-corrected chi connectivity index (χ4v) is 3.34. The van der Waals surface area contributed by atoms with Crippen LogP contribution in [-0.2, 0) is 4.74 Å². The molecule has 0 saturated carbocycles. The number of hydrogen-bond acceptors (Lipinski definition) is 4. The van der Waals surface area contributed by atoms with Gasteiger partial charge in [0.05, 0.1) is 13.7 Å². The molecule has 0 aromatic carbocycles. The minimum atomic E-state index is -0.269. The monoisotopic (exact) mass is 280 g/mol. The number of pyridine rings is 1. The maximum absolute atomic E-state index is 14.1. The topological polar surface area (TPSA) is 34.6 Å². The van der Waals surface area contributed by atoms with Crippen LogP contribution in [0.3, 0.4) is 0 Å². The van der Waals surface area contributed by atoms with Gasteiger partial charge in [-0.05, 0) is 31.7 Å². The summed E-state index contributed by atoms with van der Waals surface area (Å²) < 4.78 is 24.8. The molecule has 0 amide bonds. The van der Waals surface area contributed by atoms with Gasteiger partial charge in [0.2, 0.25) is 5.88 Å². The number of methoxy groups -OCH3 is 1. The van der Waals surface area contributed by atoms with E-state index in [-0.39, 0.29) is 5.82 Å². The lowest BCUT2D eigenvalue weighted by atomic mass is 9.92. The molecule has 5 heteroatoms. The summed E-state index contributed by atoms with van der Waals surface area (Å²) in [5, 5.41) is 0. The lowest BCUT2D eigenvalue weighted by Crippen LogP contribution is -2.40. The molecule has 1 aromatic rings. The van der Waals surface area contributed by atoms with Crippen LogP contribution in [0, 0.1) is 11.7 Å². The van der Waals surface area contributed by atoms with Gasteiger partial charge in [-0.2, -0.15) is 4.98 Å². The number of hydrogen-bond donors (Lipinski definition) is 0. The van der Waals surface area contributed by atoms with Crippen molar-refractivity contribution in [3.63, 3.8) is 0 Å². The predicted octanol–water partition coefficient (Wildman–Crippen LogP) is 2.62. The predicted molar refractivity (Wildman–Crippen MR) is 74.7 cm³/mol. The highest BCUT2D eigenvalue weighted by molar-refractivity contribution is 5.45. The first-order valence-corrected chi connectivity index (χ1v) is 7.34. The van der Waals surface area contributed by atoms with E-state index in [0.717, 1.165) is 45.4 Å². The van der Waals surface area contributed by atoms with Crippen LogP contribution in [0.25, 0.3) is 0 Å². The second kappa shape index (κ2) is 5.95. The van der Waals surface area contributed by atoms with E-state index >= 15 is 0 Å². The molecular formula is C15H21FN2O2. The van der Waals surface area contributed by atoms with Gasteiger partial charge in [-0.25, -0.2) is 4.39 Å². The Morgan fingerprint density at radius 2 is 2.25 bits per heavy atom. The van der Waals surface area contributed by atoms with E-state index in [1.807, 2.05) is 0 Å². The third-order valence-corrected chi connectivity index (χ3v) is 4.32. The molecule has 2 saturated heterocycles. The molecule has 20 heavy (non-hydrogen) atoms. The molecule has 2 aliphatic heterocycles. The van der Waals surface area contributed by atoms with E-state index < -0.39 is 0 Å². The Kier molecular flexibility index (Phi) is 4.05. The molecule has 110 valence electrons. The maximum Gasteiger partial charge on any atom is 0.215 e. The van der Waals surface area contributed by atoms with Crippen LogP contribution in [0.5, 0.6) is 5.88 Å². The van der Waals surface area contributed by atoms with E-state index in [1.165, 1.54) is 6.07 Å². The smallest absolute Gasteiger partial charge is 0.215 e. The van der Waals surface area contributed by atoms with Crippen molar-refractivity contribution in [2.75, 3.05) is 31.8 Å². The standard InChI is InChI=1S/C15H21FN2O2/c1-19-14-7-6-12(16)15(17-14)18-8-2-5-13(18)11-4-3-9-20-10-11/h6-7,11,13H,2-5,8-10H2,1H3. The number of ether oxygens (including phenoxy) is 2. The van der Waals surface area contributed by atoms with Crippen LogP contribution in [-0.4, -0.2) is 37.9 Å². The second-order valence-corrected chi connectivity index (χ2v) is 5.54. The number of anilines is 1. The lowest BCUT2D eigenvalue weighted by Gasteiger charge is -2.34. The normalized spacial score (nSPS) is 26.8. The molecule has 3 heterocycles. The molecule has 4 nitrogen and oxygen atoms in total. The molecule has 0 radical (unpaired) electrons. The average molecular weight is 280 g/mol. The van der Waals surface area contributed by atoms with Crippen molar-refractivity contribution in [2.24, 2.45) is 5.92 Å². The third-order valence-electron chi connectivity index (χ3n) is 4.32. The van der Waals surface area contributed by atoms with Gasteiger partial charge in [-0.1, -0.05) is 0 Å². The van der Waals surface area contributed by atoms with Gasteiger partial charge in [0, 0.05) is 31.2 Å². The minimum Gasteiger partial charge on any atom is -0.481 e. The van der Waals surface area contributed by atoms with Gasteiger partial charge < -0.3 is 14.4 Å². The largest absolute Gasteiger partial charge is 0.481 e. The molecule has 2 aliphatic rings. The Labute approximate surface area is 118 Å². The van der Waals surface area contributed by atoms with Gasteiger partial charge in [-0.15, -0.1) is 0 Å². The molecule has 2 unspecified atom stereocenters. The van der Waals surface area contributed by atoms with Crippen LogP contribution in [0.15, 0.2) is 12.1 Å². The zero-order chi connectivity index (χ0) is 13.9. The summed E-state index contributed by atoms with van der Waals surface area (Å²) in [6.45, 7) is 2.50. The van der Waals surface area contributed by atoms with Gasteiger partial charge in [-0.3, -0.25) is 0 Å². The van der Waals surface area contributed by atoms with Crippen molar-refractivity contribution in [3.8, 4) is 5.88 Å². The van der Waals surface area contributed by atoms with Crippen molar-refractivity contribution < 1.29 is 13.9 Å². The molecular weight excluding hydrogens is 259 g/mol. The third kappa shape index (κ3) is 2.59. The average Bonchev–Trinajstić information content (AvgIpc) is 2.98. The summed E-state index contributed by atoms with van der Waals surface area (Å²) in [7, 11) is 1.56. The van der Waals surface area contributed by atoms with E-state index in [2.05, 4.69) is 9.88 Å². The fourth-order valence-electron chi connectivity index (χ4n) is 3.34. The molecule has 0 spiro atoms. The van der Waals surface area contributed by atoms with Crippen LogP contribution in [0.2, 0.25) is 0 Å². The van der Waals surface area contributed by atoms with E-state index in [9.17, 15) is 4.39 Å². The van der Waals surface area contributed by atoms with Crippen molar-refractivity contribution in [3.05, 3.63) is 17.9 Å². The second-order valence-electron chi connectivity index (χ2n) is 5.54. The number of halogens is 1. The first kappa shape index (κ1) is 13.6. The first-order chi connectivity index (χ1) is 9.79. The molecule has 0 aliphatic carbocycles.